The molecule has 35 heavy (non-hydrogen) atoms. The number of nitrogens with zero attached hydrogens (tertiary/aromatic N) is 1. The van der Waals surface area contributed by atoms with Crippen LogP contribution in [0.15, 0.2) is 72.8 Å². The van der Waals surface area contributed by atoms with E-state index in [1.165, 1.54) is 32.4 Å². The van der Waals surface area contributed by atoms with Crippen molar-refractivity contribution in [2.24, 2.45) is 0 Å². The van der Waals surface area contributed by atoms with E-state index in [-0.39, 0.29) is 27.2 Å². The summed E-state index contributed by atoms with van der Waals surface area (Å²) >= 11 is 0.212. The van der Waals surface area contributed by atoms with E-state index < -0.39 is 0 Å². The van der Waals surface area contributed by atoms with Crippen LogP contribution in [0.3, 0.4) is 0 Å². The van der Waals surface area contributed by atoms with E-state index in [1.54, 1.807) is 0 Å². The van der Waals surface area contributed by atoms with Gasteiger partial charge in [-0.3, -0.25) is 0 Å². The molecule has 0 bridgehead atoms. The van der Waals surface area contributed by atoms with Gasteiger partial charge in [-0.05, 0) is 0 Å². The van der Waals surface area contributed by atoms with Crippen LogP contribution in [0, 0.1) is 0 Å². The van der Waals surface area contributed by atoms with Crippen molar-refractivity contribution >= 4 is 25.1 Å². The fraction of sp³-hybridized carbons (Fsp3) is 0.419. The molecular formula is C31H41NO2Se. The van der Waals surface area contributed by atoms with Crippen LogP contribution < -0.4 is 9.36 Å². The molecule has 0 unspecified atom stereocenters. The molecular weight excluding hydrogens is 497 g/mol. The molecule has 0 aliphatic heterocycles. The van der Waals surface area contributed by atoms with Gasteiger partial charge in [0.1, 0.15) is 0 Å². The summed E-state index contributed by atoms with van der Waals surface area (Å²) in [6.07, 6.45) is 0.125. The standard InChI is InChI=1S/C31H41NO2Se/c1-8-33-22(3)28-16-13-17-29(23(4)34-9-2)31(28)35-24(5)30(25-14-11-10-12-15-25)26-18-20-27(21-19-26)32(6)7/h10-24,30H,8-9H2,1-7H3/t22-,23-,24-,30-/m1/s1. The van der Waals surface area contributed by atoms with Gasteiger partial charge in [-0.1, -0.05) is 0 Å². The quantitative estimate of drug-likeness (QED) is 0.234. The average Bonchev–Trinajstić information content (AvgIpc) is 2.85. The molecule has 0 aliphatic rings. The number of anilines is 1. The van der Waals surface area contributed by atoms with E-state index >= 15 is 0 Å². The Morgan fingerprint density at radius 1 is 0.686 bits per heavy atom. The molecule has 3 aromatic carbocycles. The Balaban J connectivity index is 2.05. The van der Waals surface area contributed by atoms with Gasteiger partial charge in [0.2, 0.25) is 0 Å². The summed E-state index contributed by atoms with van der Waals surface area (Å²) < 4.78 is 13.6. The van der Waals surface area contributed by atoms with Crippen molar-refractivity contribution in [3.8, 4) is 0 Å². The zero-order valence-corrected chi connectivity index (χ0v) is 24.0. The third-order valence-electron chi connectivity index (χ3n) is 6.49. The molecule has 0 radical (unpaired) electrons. The molecule has 0 amide bonds. The van der Waals surface area contributed by atoms with Crippen molar-refractivity contribution in [3.63, 3.8) is 0 Å². The van der Waals surface area contributed by atoms with Crippen molar-refractivity contribution in [2.75, 3.05) is 32.2 Å². The first-order valence-corrected chi connectivity index (χ1v) is 14.6. The third-order valence-corrected chi connectivity index (χ3v) is 9.32. The Morgan fingerprint density at radius 3 is 1.69 bits per heavy atom. The summed E-state index contributed by atoms with van der Waals surface area (Å²) in [5, 5.41) is 0. The second-order valence-corrected chi connectivity index (χ2v) is 12.1. The number of ether oxygens (including phenoxy) is 2. The van der Waals surface area contributed by atoms with Gasteiger partial charge in [-0.2, -0.15) is 0 Å². The van der Waals surface area contributed by atoms with E-state index in [0.717, 1.165) is 0 Å². The Hall–Kier alpha value is -2.10. The van der Waals surface area contributed by atoms with Gasteiger partial charge in [-0.15, -0.1) is 0 Å². The van der Waals surface area contributed by atoms with Gasteiger partial charge in [0.15, 0.2) is 0 Å². The predicted octanol–water partition coefficient (Wildman–Crippen LogP) is 6.92. The molecule has 0 fully saturated rings. The minimum atomic E-state index is 0.0624. The van der Waals surface area contributed by atoms with Crippen molar-refractivity contribution in [2.45, 2.75) is 57.6 Å². The molecule has 0 N–H and O–H groups in total. The first-order valence-electron chi connectivity index (χ1n) is 12.7. The molecule has 0 saturated heterocycles. The van der Waals surface area contributed by atoms with Crippen LogP contribution in [0.25, 0.3) is 0 Å². The molecule has 4 heteroatoms. The minimum absolute atomic E-state index is 0.0624. The molecule has 0 aromatic heterocycles. The molecule has 3 nitrogen and oxygen atoms in total. The molecule has 4 atom stereocenters. The van der Waals surface area contributed by atoms with Crippen molar-refractivity contribution in [1.82, 2.24) is 0 Å². The zero-order chi connectivity index (χ0) is 25.4. The van der Waals surface area contributed by atoms with E-state index in [2.05, 4.69) is 126 Å². The molecule has 0 saturated carbocycles. The predicted molar refractivity (Wildman–Crippen MR) is 150 cm³/mol. The van der Waals surface area contributed by atoms with Crippen LogP contribution in [0.4, 0.5) is 5.69 Å². The van der Waals surface area contributed by atoms with Gasteiger partial charge in [0, 0.05) is 0 Å². The summed E-state index contributed by atoms with van der Waals surface area (Å²) in [6.45, 7) is 12.3. The SMILES string of the molecule is CCO[C@H](C)c1cccc([C@@H](C)OCC)c1[Se][C@H](C)[C@H](c1ccccc1)c1ccc(N(C)C)cc1. The Kier molecular flexibility index (Phi) is 10.4. The number of hydrogen-bond donors (Lipinski definition) is 0. The van der Waals surface area contributed by atoms with Crippen LogP contribution in [-0.4, -0.2) is 42.3 Å². The summed E-state index contributed by atoms with van der Waals surface area (Å²) in [6, 6.07) is 26.7. The zero-order valence-electron chi connectivity index (χ0n) is 22.3. The van der Waals surface area contributed by atoms with E-state index in [9.17, 15) is 0 Å². The molecule has 0 aliphatic carbocycles. The van der Waals surface area contributed by atoms with Crippen molar-refractivity contribution in [3.05, 3.63) is 95.1 Å². The Bertz CT molecular complexity index is 1010. The second-order valence-electron chi connectivity index (χ2n) is 9.16. The van der Waals surface area contributed by atoms with Crippen LogP contribution in [0.5, 0.6) is 0 Å². The number of benzene rings is 3. The van der Waals surface area contributed by atoms with Gasteiger partial charge in [-0.25, -0.2) is 0 Å². The van der Waals surface area contributed by atoms with E-state index in [1.807, 2.05) is 0 Å². The fourth-order valence-electron chi connectivity index (χ4n) is 4.66. The molecule has 188 valence electrons. The maximum absolute atomic E-state index is 6.07. The van der Waals surface area contributed by atoms with Crippen molar-refractivity contribution < 1.29 is 9.47 Å². The summed E-state index contributed by atoms with van der Waals surface area (Å²) in [5.74, 6) is 0.318. The first-order chi connectivity index (χ1) is 16.9. The van der Waals surface area contributed by atoms with Gasteiger partial charge in [0.25, 0.3) is 0 Å². The average molecular weight is 539 g/mol. The second kappa shape index (κ2) is 13.3. The molecule has 3 aromatic rings. The van der Waals surface area contributed by atoms with Gasteiger partial charge < -0.3 is 0 Å². The van der Waals surface area contributed by atoms with Gasteiger partial charge in [0.05, 0.1) is 0 Å². The molecule has 3 rings (SSSR count). The summed E-state index contributed by atoms with van der Waals surface area (Å²) in [5.41, 5.74) is 6.57. The van der Waals surface area contributed by atoms with E-state index in [0.29, 0.717) is 23.9 Å². The third kappa shape index (κ3) is 6.98. The Morgan fingerprint density at radius 2 is 1.20 bits per heavy atom. The van der Waals surface area contributed by atoms with Crippen LogP contribution in [-0.2, 0) is 9.47 Å². The summed E-state index contributed by atoms with van der Waals surface area (Å²) in [7, 11) is 4.18. The number of hydrogen-bond acceptors (Lipinski definition) is 3. The van der Waals surface area contributed by atoms with Crippen molar-refractivity contribution in [1.29, 1.82) is 0 Å². The maximum atomic E-state index is 6.07. The Labute approximate surface area is 219 Å². The van der Waals surface area contributed by atoms with E-state index in [4.69, 9.17) is 9.47 Å². The summed E-state index contributed by atoms with van der Waals surface area (Å²) in [4.78, 5) is 2.60. The first kappa shape index (κ1) is 27.5. The normalized spacial score (nSPS) is 14.8. The van der Waals surface area contributed by atoms with Crippen LogP contribution in [0.2, 0.25) is 4.82 Å². The molecule has 0 heterocycles. The van der Waals surface area contributed by atoms with Crippen LogP contribution >= 0.6 is 0 Å². The number of rotatable bonds is 12. The van der Waals surface area contributed by atoms with Gasteiger partial charge >= 0.3 is 219 Å². The fourth-order valence-corrected chi connectivity index (χ4v) is 7.94. The topological polar surface area (TPSA) is 21.7 Å². The van der Waals surface area contributed by atoms with Crippen LogP contribution in [0.1, 0.15) is 75.0 Å². The monoisotopic (exact) mass is 539 g/mol. The molecule has 0 spiro atoms.